The first-order valence-electron chi connectivity index (χ1n) is 8.96. The summed E-state index contributed by atoms with van der Waals surface area (Å²) in [7, 11) is 0. The molecule has 0 fully saturated rings. The van der Waals surface area contributed by atoms with Gasteiger partial charge in [0.2, 0.25) is 5.91 Å². The number of anilines is 1. The molecule has 0 saturated carbocycles. The molecule has 0 bridgehead atoms. The molecule has 0 aliphatic carbocycles. The van der Waals surface area contributed by atoms with Crippen LogP contribution in [-0.4, -0.2) is 26.4 Å². The van der Waals surface area contributed by atoms with Crippen molar-refractivity contribution in [3.8, 4) is 11.4 Å². The number of rotatable bonds is 7. The summed E-state index contributed by atoms with van der Waals surface area (Å²) >= 11 is 3.13. The first kappa shape index (κ1) is 19.6. The van der Waals surface area contributed by atoms with Gasteiger partial charge in [-0.05, 0) is 56.5 Å². The predicted molar refractivity (Wildman–Crippen MR) is 114 cm³/mol. The molecule has 3 rings (SSSR count). The number of aromatic nitrogens is 3. The van der Waals surface area contributed by atoms with Crippen molar-refractivity contribution in [2.75, 3.05) is 11.1 Å². The second-order valence-electron chi connectivity index (χ2n) is 6.54. The lowest BCUT2D eigenvalue weighted by atomic mass is 10.1. The van der Waals surface area contributed by atoms with Crippen molar-refractivity contribution in [3.63, 3.8) is 0 Å². The topological polar surface area (TPSA) is 59.8 Å². The number of hydrogen-bond acceptors (Lipinski definition) is 5. The molecule has 5 nitrogen and oxygen atoms in total. The number of benzene rings is 1. The van der Waals surface area contributed by atoms with Crippen molar-refractivity contribution >= 4 is 34.7 Å². The lowest BCUT2D eigenvalue weighted by molar-refractivity contribution is -0.113. The van der Waals surface area contributed by atoms with Crippen LogP contribution in [0.2, 0.25) is 0 Å². The van der Waals surface area contributed by atoms with Crippen LogP contribution in [-0.2, 0) is 11.3 Å². The molecular formula is C20H24N4OS2. The number of carbonyl (C=O) groups is 1. The molecule has 3 aromatic rings. The minimum Gasteiger partial charge on any atom is -0.325 e. The van der Waals surface area contributed by atoms with Crippen LogP contribution in [0, 0.1) is 20.8 Å². The Balaban J connectivity index is 1.69. The van der Waals surface area contributed by atoms with E-state index >= 15 is 0 Å². The van der Waals surface area contributed by atoms with Gasteiger partial charge in [-0.3, -0.25) is 4.79 Å². The Hall–Kier alpha value is -2.12. The van der Waals surface area contributed by atoms with E-state index < -0.39 is 0 Å². The third kappa shape index (κ3) is 4.78. The molecule has 2 aromatic heterocycles. The average Bonchev–Trinajstić information content (AvgIpc) is 3.23. The Labute approximate surface area is 168 Å². The maximum Gasteiger partial charge on any atom is 0.234 e. The predicted octanol–water partition coefficient (Wildman–Crippen LogP) is 5.07. The fraction of sp³-hybridized carbons (Fsp3) is 0.350. The lowest BCUT2D eigenvalue weighted by Gasteiger charge is -2.09. The van der Waals surface area contributed by atoms with Crippen molar-refractivity contribution in [1.29, 1.82) is 0 Å². The number of amides is 1. The van der Waals surface area contributed by atoms with Gasteiger partial charge in [0, 0.05) is 28.1 Å². The first-order chi connectivity index (χ1) is 13.0. The minimum absolute atomic E-state index is 0.0396. The van der Waals surface area contributed by atoms with Crippen molar-refractivity contribution in [2.24, 2.45) is 0 Å². The van der Waals surface area contributed by atoms with Crippen LogP contribution in [0.25, 0.3) is 11.4 Å². The fourth-order valence-corrected chi connectivity index (χ4v) is 4.19. The zero-order chi connectivity index (χ0) is 19.4. The largest absolute Gasteiger partial charge is 0.325 e. The van der Waals surface area contributed by atoms with Gasteiger partial charge in [0.1, 0.15) is 0 Å². The summed E-state index contributed by atoms with van der Waals surface area (Å²) in [5.74, 6) is 1.14. The summed E-state index contributed by atoms with van der Waals surface area (Å²) in [6.07, 6.45) is 0.983. The third-order valence-electron chi connectivity index (χ3n) is 4.28. The van der Waals surface area contributed by atoms with Crippen LogP contribution in [0.5, 0.6) is 0 Å². The van der Waals surface area contributed by atoms with Crippen LogP contribution in [0.4, 0.5) is 5.69 Å². The van der Waals surface area contributed by atoms with Gasteiger partial charge in [0.15, 0.2) is 11.0 Å². The van der Waals surface area contributed by atoms with Crippen molar-refractivity contribution in [1.82, 2.24) is 14.8 Å². The lowest BCUT2D eigenvalue weighted by Crippen LogP contribution is -2.15. The van der Waals surface area contributed by atoms with E-state index in [1.54, 1.807) is 11.3 Å². The normalized spacial score (nSPS) is 11.0. The highest BCUT2D eigenvalue weighted by Crippen LogP contribution is 2.28. The van der Waals surface area contributed by atoms with E-state index in [0.717, 1.165) is 35.2 Å². The molecule has 27 heavy (non-hydrogen) atoms. The Bertz CT molecular complexity index is 945. The SMILES string of the molecule is CCCn1c(SCC(=O)Nc2ccc(C)c(C)c2)nnc1-c1csc(C)c1. The smallest absolute Gasteiger partial charge is 0.234 e. The molecule has 1 amide bonds. The first-order valence-corrected chi connectivity index (χ1v) is 10.8. The summed E-state index contributed by atoms with van der Waals surface area (Å²) in [5, 5.41) is 14.5. The van der Waals surface area contributed by atoms with Gasteiger partial charge in [-0.2, -0.15) is 0 Å². The molecule has 0 aliphatic rings. The molecule has 1 aromatic carbocycles. The zero-order valence-corrected chi connectivity index (χ0v) is 17.7. The van der Waals surface area contributed by atoms with E-state index in [1.165, 1.54) is 27.8 Å². The van der Waals surface area contributed by atoms with Gasteiger partial charge >= 0.3 is 0 Å². The maximum absolute atomic E-state index is 12.3. The highest BCUT2D eigenvalue weighted by molar-refractivity contribution is 7.99. The Morgan fingerprint density at radius 2 is 2.00 bits per heavy atom. The zero-order valence-electron chi connectivity index (χ0n) is 16.1. The van der Waals surface area contributed by atoms with Gasteiger partial charge < -0.3 is 9.88 Å². The van der Waals surface area contributed by atoms with Crippen molar-refractivity contribution in [3.05, 3.63) is 45.6 Å². The average molecular weight is 401 g/mol. The van der Waals surface area contributed by atoms with Crippen LogP contribution < -0.4 is 5.32 Å². The molecule has 0 radical (unpaired) electrons. The summed E-state index contributed by atoms with van der Waals surface area (Å²) in [6.45, 7) is 9.15. The van der Waals surface area contributed by atoms with Gasteiger partial charge in [-0.25, -0.2) is 0 Å². The van der Waals surface area contributed by atoms with E-state index in [0.29, 0.717) is 5.75 Å². The Morgan fingerprint density at radius 3 is 2.67 bits per heavy atom. The summed E-state index contributed by atoms with van der Waals surface area (Å²) in [5.41, 5.74) is 4.29. The highest BCUT2D eigenvalue weighted by Gasteiger charge is 2.16. The molecule has 7 heteroatoms. The van der Waals surface area contributed by atoms with Gasteiger partial charge in [-0.15, -0.1) is 21.5 Å². The molecular weight excluding hydrogens is 376 g/mol. The Kier molecular flexibility index (Phi) is 6.34. The van der Waals surface area contributed by atoms with Crippen LogP contribution in [0.15, 0.2) is 34.8 Å². The number of thiophene rings is 1. The van der Waals surface area contributed by atoms with E-state index in [-0.39, 0.29) is 5.91 Å². The molecule has 0 atom stereocenters. The molecule has 0 aliphatic heterocycles. The van der Waals surface area contributed by atoms with Crippen molar-refractivity contribution < 1.29 is 4.79 Å². The molecule has 1 N–H and O–H groups in total. The maximum atomic E-state index is 12.3. The van der Waals surface area contributed by atoms with Crippen LogP contribution in [0.3, 0.4) is 0 Å². The standard InChI is InChI=1S/C20H24N4OS2/c1-5-8-24-19(16-10-15(4)26-11-16)22-23-20(24)27-12-18(25)21-17-7-6-13(2)14(3)9-17/h6-7,9-11H,5,8,12H2,1-4H3,(H,21,25). The van der Waals surface area contributed by atoms with Gasteiger partial charge in [0.25, 0.3) is 0 Å². The summed E-state index contributed by atoms with van der Waals surface area (Å²) in [4.78, 5) is 13.6. The molecule has 2 heterocycles. The van der Waals surface area contributed by atoms with Gasteiger partial charge in [0.05, 0.1) is 5.75 Å². The van der Waals surface area contributed by atoms with E-state index in [4.69, 9.17) is 0 Å². The Morgan fingerprint density at radius 1 is 1.19 bits per heavy atom. The number of hydrogen-bond donors (Lipinski definition) is 1. The number of aryl methyl sites for hydroxylation is 3. The van der Waals surface area contributed by atoms with E-state index in [2.05, 4.69) is 52.3 Å². The quantitative estimate of drug-likeness (QED) is 0.562. The third-order valence-corrected chi connectivity index (χ3v) is 6.10. The molecule has 0 spiro atoms. The second-order valence-corrected chi connectivity index (χ2v) is 8.60. The highest BCUT2D eigenvalue weighted by atomic mass is 32.2. The number of thioether (sulfide) groups is 1. The van der Waals surface area contributed by atoms with Gasteiger partial charge in [-0.1, -0.05) is 24.8 Å². The van der Waals surface area contributed by atoms with E-state index in [1.807, 2.05) is 25.1 Å². The van der Waals surface area contributed by atoms with Crippen LogP contribution >= 0.6 is 23.1 Å². The fourth-order valence-electron chi connectivity index (χ4n) is 2.74. The van der Waals surface area contributed by atoms with Crippen molar-refractivity contribution in [2.45, 2.75) is 45.8 Å². The monoisotopic (exact) mass is 400 g/mol. The number of nitrogens with zero attached hydrogens (tertiary/aromatic N) is 3. The molecule has 0 saturated heterocycles. The van der Waals surface area contributed by atoms with E-state index in [9.17, 15) is 4.79 Å². The number of carbonyl (C=O) groups excluding carboxylic acids is 1. The minimum atomic E-state index is -0.0396. The molecule has 0 unspecified atom stereocenters. The molecule has 142 valence electrons. The number of nitrogens with one attached hydrogen (secondary N) is 1. The second kappa shape index (κ2) is 8.71. The van der Waals surface area contributed by atoms with Crippen LogP contribution in [0.1, 0.15) is 29.3 Å². The summed E-state index contributed by atoms with van der Waals surface area (Å²) < 4.78 is 2.11. The summed E-state index contributed by atoms with van der Waals surface area (Å²) in [6, 6.07) is 8.07.